The SMILES string of the molecule is CCCC/C=C\C/C=C\CCCCCCCC(=O)OCC(COC(=O)CCCCCCCCCCCCCCCCCCCCCCCCCCCCC)OC(=O)CCCCCCCCCCCCCCCCCCCCC. The zero-order valence-electron chi connectivity index (χ0n) is 53.0. The van der Waals surface area contributed by atoms with Crippen LogP contribution in [0.4, 0.5) is 0 Å². The lowest BCUT2D eigenvalue weighted by Gasteiger charge is -2.18. The molecule has 0 aromatic rings. The first-order chi connectivity index (χ1) is 38.5. The van der Waals surface area contributed by atoms with Crippen molar-refractivity contribution in [2.45, 2.75) is 406 Å². The highest BCUT2D eigenvalue weighted by molar-refractivity contribution is 5.71. The molecule has 6 nitrogen and oxygen atoms in total. The van der Waals surface area contributed by atoms with Crippen LogP contribution in [0.5, 0.6) is 0 Å². The molecule has 0 heterocycles. The molecule has 6 heteroatoms. The van der Waals surface area contributed by atoms with Crippen LogP contribution in [0, 0.1) is 0 Å². The van der Waals surface area contributed by atoms with Gasteiger partial charge in [-0.15, -0.1) is 0 Å². The van der Waals surface area contributed by atoms with E-state index < -0.39 is 6.10 Å². The van der Waals surface area contributed by atoms with Crippen molar-refractivity contribution < 1.29 is 28.6 Å². The van der Waals surface area contributed by atoms with Crippen LogP contribution in [0.15, 0.2) is 24.3 Å². The molecular weight excluding hydrogens is 961 g/mol. The normalized spacial score (nSPS) is 12.1. The van der Waals surface area contributed by atoms with Crippen LogP contribution in [0.25, 0.3) is 0 Å². The van der Waals surface area contributed by atoms with Gasteiger partial charge in [0.25, 0.3) is 0 Å². The number of rotatable bonds is 66. The molecule has 1 atom stereocenters. The standard InChI is InChI=1S/C72H136O6/c1-4-7-10-13-16-19-22-25-28-30-32-33-34-35-36-37-38-39-41-42-44-47-50-53-56-59-62-65-71(74)77-68-69(67-76-70(73)64-61-58-55-52-49-46-27-24-21-18-15-12-9-6-3)78-72(75)66-63-60-57-54-51-48-45-43-40-31-29-26-23-20-17-14-11-8-5-2/h15,18,24,27,69H,4-14,16-17,19-23,25-26,28-68H2,1-3H3/b18-15-,27-24-. The van der Waals surface area contributed by atoms with E-state index in [1.165, 1.54) is 283 Å². The van der Waals surface area contributed by atoms with Crippen LogP contribution in [0.3, 0.4) is 0 Å². The molecule has 0 radical (unpaired) electrons. The summed E-state index contributed by atoms with van der Waals surface area (Å²) in [6.45, 7) is 6.67. The second kappa shape index (κ2) is 67.4. The summed E-state index contributed by atoms with van der Waals surface area (Å²) < 4.78 is 17.0. The van der Waals surface area contributed by atoms with Gasteiger partial charge >= 0.3 is 17.9 Å². The minimum Gasteiger partial charge on any atom is -0.462 e. The number of unbranched alkanes of at least 4 members (excludes halogenated alkanes) is 51. The monoisotopic (exact) mass is 1100 g/mol. The summed E-state index contributed by atoms with van der Waals surface area (Å²) in [6.07, 6.45) is 82.1. The van der Waals surface area contributed by atoms with Gasteiger partial charge in [-0.1, -0.05) is 360 Å². The summed E-state index contributed by atoms with van der Waals surface area (Å²) in [5, 5.41) is 0. The number of allylic oxidation sites excluding steroid dienone is 4. The Bertz CT molecular complexity index is 1260. The van der Waals surface area contributed by atoms with Crippen molar-refractivity contribution in [3.63, 3.8) is 0 Å². The van der Waals surface area contributed by atoms with Gasteiger partial charge in [-0.25, -0.2) is 0 Å². The Hall–Kier alpha value is -2.11. The van der Waals surface area contributed by atoms with Crippen molar-refractivity contribution in [1.29, 1.82) is 0 Å². The van der Waals surface area contributed by atoms with Gasteiger partial charge in [-0.2, -0.15) is 0 Å². The highest BCUT2D eigenvalue weighted by Crippen LogP contribution is 2.19. The zero-order chi connectivity index (χ0) is 56.4. The highest BCUT2D eigenvalue weighted by atomic mass is 16.6. The first kappa shape index (κ1) is 75.9. The minimum atomic E-state index is -0.774. The van der Waals surface area contributed by atoms with Gasteiger partial charge < -0.3 is 14.2 Å². The smallest absolute Gasteiger partial charge is 0.306 e. The lowest BCUT2D eigenvalue weighted by molar-refractivity contribution is -0.167. The van der Waals surface area contributed by atoms with E-state index in [0.717, 1.165) is 77.0 Å². The van der Waals surface area contributed by atoms with Crippen LogP contribution in [0.1, 0.15) is 400 Å². The third-order valence-corrected chi connectivity index (χ3v) is 16.2. The van der Waals surface area contributed by atoms with E-state index in [2.05, 4.69) is 45.1 Å². The van der Waals surface area contributed by atoms with Gasteiger partial charge in [0.2, 0.25) is 0 Å². The maximum Gasteiger partial charge on any atom is 0.306 e. The molecule has 460 valence electrons. The first-order valence-corrected chi connectivity index (χ1v) is 35.3. The topological polar surface area (TPSA) is 78.9 Å². The Morgan fingerprint density at radius 2 is 0.474 bits per heavy atom. The molecule has 0 rings (SSSR count). The maximum absolute atomic E-state index is 12.9. The van der Waals surface area contributed by atoms with Crippen molar-refractivity contribution in [2.24, 2.45) is 0 Å². The predicted octanol–water partition coefficient (Wildman–Crippen LogP) is 24.2. The van der Waals surface area contributed by atoms with E-state index in [4.69, 9.17) is 14.2 Å². The summed E-state index contributed by atoms with van der Waals surface area (Å²) in [4.78, 5) is 38.4. The van der Waals surface area contributed by atoms with Gasteiger partial charge in [0.1, 0.15) is 13.2 Å². The van der Waals surface area contributed by atoms with Crippen molar-refractivity contribution >= 4 is 17.9 Å². The summed E-state index contributed by atoms with van der Waals surface area (Å²) in [7, 11) is 0. The van der Waals surface area contributed by atoms with Gasteiger partial charge in [-0.3, -0.25) is 14.4 Å². The Kier molecular flexibility index (Phi) is 65.6. The molecule has 0 aliphatic heterocycles. The predicted molar refractivity (Wildman–Crippen MR) is 340 cm³/mol. The van der Waals surface area contributed by atoms with E-state index >= 15 is 0 Å². The van der Waals surface area contributed by atoms with E-state index in [1.807, 2.05) is 0 Å². The molecule has 0 aliphatic rings. The number of carbonyl (C=O) groups excluding carboxylic acids is 3. The number of hydrogen-bond acceptors (Lipinski definition) is 6. The molecule has 0 aromatic carbocycles. The summed E-state index contributed by atoms with van der Waals surface area (Å²) in [5.41, 5.74) is 0. The molecule has 0 fully saturated rings. The molecule has 78 heavy (non-hydrogen) atoms. The average molecular weight is 1100 g/mol. The van der Waals surface area contributed by atoms with E-state index in [1.54, 1.807) is 0 Å². The van der Waals surface area contributed by atoms with E-state index in [9.17, 15) is 14.4 Å². The fourth-order valence-corrected chi connectivity index (χ4v) is 10.9. The van der Waals surface area contributed by atoms with Crippen LogP contribution < -0.4 is 0 Å². The Morgan fingerprint density at radius 3 is 0.744 bits per heavy atom. The van der Waals surface area contributed by atoms with Gasteiger partial charge in [0, 0.05) is 19.3 Å². The average Bonchev–Trinajstić information content (AvgIpc) is 3.44. The summed E-state index contributed by atoms with van der Waals surface area (Å²) >= 11 is 0. The fraction of sp³-hybridized carbons (Fsp3) is 0.903. The molecular formula is C72H136O6. The molecule has 0 saturated carbocycles. The minimum absolute atomic E-state index is 0.0693. The number of esters is 3. The third-order valence-electron chi connectivity index (χ3n) is 16.2. The Balaban J connectivity index is 4.20. The lowest BCUT2D eigenvalue weighted by Crippen LogP contribution is -2.30. The van der Waals surface area contributed by atoms with Crippen LogP contribution >= 0.6 is 0 Å². The number of carbonyl (C=O) groups is 3. The van der Waals surface area contributed by atoms with Crippen LogP contribution in [0.2, 0.25) is 0 Å². The lowest BCUT2D eigenvalue weighted by atomic mass is 10.0. The van der Waals surface area contributed by atoms with Gasteiger partial charge in [0.15, 0.2) is 6.10 Å². The molecule has 0 bridgehead atoms. The molecule has 0 N–H and O–H groups in total. The third kappa shape index (κ3) is 64.7. The second-order valence-electron chi connectivity index (χ2n) is 24.2. The van der Waals surface area contributed by atoms with Gasteiger partial charge in [0.05, 0.1) is 0 Å². The van der Waals surface area contributed by atoms with Crippen LogP contribution in [-0.2, 0) is 28.6 Å². The zero-order valence-corrected chi connectivity index (χ0v) is 53.0. The quantitative estimate of drug-likeness (QED) is 0.0261. The van der Waals surface area contributed by atoms with Crippen molar-refractivity contribution in [3.8, 4) is 0 Å². The summed E-state index contributed by atoms with van der Waals surface area (Å²) in [6, 6.07) is 0. The summed E-state index contributed by atoms with van der Waals surface area (Å²) in [5.74, 6) is -0.852. The molecule has 0 spiro atoms. The molecule has 1 unspecified atom stereocenters. The Labute approximate surface area is 487 Å². The molecule has 0 aromatic heterocycles. The second-order valence-corrected chi connectivity index (χ2v) is 24.2. The van der Waals surface area contributed by atoms with Crippen molar-refractivity contribution in [3.05, 3.63) is 24.3 Å². The first-order valence-electron chi connectivity index (χ1n) is 35.3. The largest absolute Gasteiger partial charge is 0.462 e. The van der Waals surface area contributed by atoms with E-state index in [-0.39, 0.29) is 31.1 Å². The van der Waals surface area contributed by atoms with Crippen molar-refractivity contribution in [2.75, 3.05) is 13.2 Å². The molecule has 0 amide bonds. The number of ether oxygens (including phenoxy) is 3. The number of hydrogen-bond donors (Lipinski definition) is 0. The highest BCUT2D eigenvalue weighted by Gasteiger charge is 2.19. The molecule has 0 aliphatic carbocycles. The Morgan fingerprint density at radius 1 is 0.256 bits per heavy atom. The van der Waals surface area contributed by atoms with Crippen LogP contribution in [-0.4, -0.2) is 37.2 Å². The van der Waals surface area contributed by atoms with Gasteiger partial charge in [-0.05, 0) is 44.9 Å². The molecule has 0 saturated heterocycles. The van der Waals surface area contributed by atoms with E-state index in [0.29, 0.717) is 19.3 Å². The fourth-order valence-electron chi connectivity index (χ4n) is 10.9. The van der Waals surface area contributed by atoms with Crippen molar-refractivity contribution in [1.82, 2.24) is 0 Å². The maximum atomic E-state index is 12.9.